The molecule has 0 atom stereocenters. The lowest BCUT2D eigenvalue weighted by Gasteiger charge is -2.16. The maximum Gasteiger partial charge on any atom is 0.191 e. The highest BCUT2D eigenvalue weighted by Gasteiger charge is 2.12. The molecule has 0 saturated carbocycles. The van der Waals surface area contributed by atoms with E-state index in [1.54, 1.807) is 11.8 Å². The molecule has 0 spiro atoms. The van der Waals surface area contributed by atoms with Gasteiger partial charge in [-0.2, -0.15) is 0 Å². The summed E-state index contributed by atoms with van der Waals surface area (Å²) < 4.78 is 9.10. The minimum Gasteiger partial charge on any atom is -0.486 e. The number of hydrogen-bond acceptors (Lipinski definition) is 4. The van der Waals surface area contributed by atoms with Crippen LogP contribution >= 0.6 is 27.7 Å². The normalized spacial score (nSPS) is 13.4. The van der Waals surface area contributed by atoms with Crippen molar-refractivity contribution in [2.24, 2.45) is 7.05 Å². The molecule has 3 aromatic rings. The van der Waals surface area contributed by atoms with Crippen LogP contribution in [0, 0.1) is 0 Å². The second-order valence-electron chi connectivity index (χ2n) is 6.80. The molecule has 1 aliphatic rings. The Labute approximate surface area is 172 Å². The highest BCUT2D eigenvalue weighted by molar-refractivity contribution is 9.10. The van der Waals surface area contributed by atoms with Crippen LogP contribution in [-0.4, -0.2) is 14.8 Å². The number of ether oxygens (including phenoxy) is 1. The molecule has 0 radical (unpaired) electrons. The molecule has 140 valence electrons. The van der Waals surface area contributed by atoms with Gasteiger partial charge >= 0.3 is 0 Å². The number of benzene rings is 2. The fraction of sp³-hybridized carbons (Fsp3) is 0.333. The van der Waals surface area contributed by atoms with Crippen LogP contribution in [-0.2, 0) is 32.2 Å². The summed E-state index contributed by atoms with van der Waals surface area (Å²) in [6, 6.07) is 14.8. The van der Waals surface area contributed by atoms with Crippen molar-refractivity contribution >= 4 is 27.7 Å². The average molecular weight is 444 g/mol. The van der Waals surface area contributed by atoms with E-state index in [0.29, 0.717) is 6.61 Å². The molecule has 1 aromatic heterocycles. The Balaban J connectivity index is 1.36. The molecule has 0 unspecified atom stereocenters. The molecule has 1 heterocycles. The Morgan fingerprint density at radius 1 is 1.04 bits per heavy atom. The third-order valence-electron chi connectivity index (χ3n) is 4.89. The Morgan fingerprint density at radius 3 is 2.63 bits per heavy atom. The van der Waals surface area contributed by atoms with Crippen molar-refractivity contribution < 1.29 is 4.74 Å². The second kappa shape index (κ2) is 8.48. The van der Waals surface area contributed by atoms with E-state index in [0.717, 1.165) is 33.4 Å². The summed E-state index contributed by atoms with van der Waals surface area (Å²) >= 11 is 5.15. The van der Waals surface area contributed by atoms with Crippen LogP contribution in [0.3, 0.4) is 0 Å². The van der Waals surface area contributed by atoms with Crippen molar-refractivity contribution in [3.05, 3.63) is 69.5 Å². The number of hydrogen-bond donors (Lipinski definition) is 0. The molecule has 1 aliphatic carbocycles. The lowest BCUT2D eigenvalue weighted by atomic mass is 9.92. The van der Waals surface area contributed by atoms with Gasteiger partial charge in [0.1, 0.15) is 12.4 Å². The van der Waals surface area contributed by atoms with Gasteiger partial charge in [-0.15, -0.1) is 10.2 Å². The largest absolute Gasteiger partial charge is 0.486 e. The predicted octanol–water partition coefficient (Wildman–Crippen LogP) is 5.33. The summed E-state index contributed by atoms with van der Waals surface area (Å²) in [4.78, 5) is 0. The topological polar surface area (TPSA) is 39.9 Å². The van der Waals surface area contributed by atoms with Crippen LogP contribution < -0.4 is 4.74 Å². The van der Waals surface area contributed by atoms with E-state index in [-0.39, 0.29) is 0 Å². The number of fused-ring (bicyclic) bond motifs is 1. The van der Waals surface area contributed by atoms with E-state index < -0.39 is 0 Å². The van der Waals surface area contributed by atoms with Gasteiger partial charge in [0.05, 0.1) is 0 Å². The van der Waals surface area contributed by atoms with Crippen molar-refractivity contribution in [3.8, 4) is 5.75 Å². The van der Waals surface area contributed by atoms with Gasteiger partial charge in [0.25, 0.3) is 0 Å². The first kappa shape index (κ1) is 18.6. The first-order valence-electron chi connectivity index (χ1n) is 9.19. The van der Waals surface area contributed by atoms with Gasteiger partial charge in [0.15, 0.2) is 11.0 Å². The molecule has 27 heavy (non-hydrogen) atoms. The van der Waals surface area contributed by atoms with E-state index in [1.807, 2.05) is 11.6 Å². The van der Waals surface area contributed by atoms with Crippen molar-refractivity contribution in [1.82, 2.24) is 14.8 Å². The third-order valence-corrected chi connectivity index (χ3v) is 6.51. The summed E-state index contributed by atoms with van der Waals surface area (Å²) in [5, 5.41) is 9.53. The molecule has 2 aromatic carbocycles. The van der Waals surface area contributed by atoms with Gasteiger partial charge < -0.3 is 9.30 Å². The SMILES string of the molecule is Cn1c(COc2ccc3c(c2)CCCC3)nnc1SCc1ccc(Br)cc1. The highest BCUT2D eigenvalue weighted by atomic mass is 79.9. The van der Waals surface area contributed by atoms with E-state index in [2.05, 4.69) is 68.6 Å². The number of aryl methyl sites for hydroxylation is 2. The average Bonchev–Trinajstić information content (AvgIpc) is 3.05. The van der Waals surface area contributed by atoms with Gasteiger partial charge in [-0.3, -0.25) is 0 Å². The second-order valence-corrected chi connectivity index (χ2v) is 8.66. The van der Waals surface area contributed by atoms with E-state index in [1.165, 1.54) is 36.0 Å². The maximum atomic E-state index is 5.99. The van der Waals surface area contributed by atoms with E-state index in [9.17, 15) is 0 Å². The number of rotatable bonds is 6. The molecule has 6 heteroatoms. The standard InChI is InChI=1S/C21H22BrN3OS/c1-25-20(13-26-19-11-8-16-4-2-3-5-17(16)12-19)23-24-21(25)27-14-15-6-9-18(22)10-7-15/h6-12H,2-5,13-14H2,1H3. The Kier molecular flexibility index (Phi) is 5.83. The Morgan fingerprint density at radius 2 is 1.81 bits per heavy atom. The molecule has 0 aliphatic heterocycles. The van der Waals surface area contributed by atoms with Crippen LogP contribution in [0.15, 0.2) is 52.1 Å². The molecule has 0 bridgehead atoms. The Hall–Kier alpha value is -1.79. The predicted molar refractivity (Wildman–Crippen MR) is 112 cm³/mol. The summed E-state index contributed by atoms with van der Waals surface area (Å²) in [5.41, 5.74) is 4.17. The van der Waals surface area contributed by atoms with Gasteiger partial charge in [-0.05, 0) is 66.6 Å². The summed E-state index contributed by atoms with van der Waals surface area (Å²) in [6.45, 7) is 0.432. The van der Waals surface area contributed by atoms with Crippen LogP contribution in [0.1, 0.15) is 35.4 Å². The van der Waals surface area contributed by atoms with Crippen LogP contribution in [0.5, 0.6) is 5.75 Å². The molecule has 0 fully saturated rings. The first-order chi connectivity index (χ1) is 13.2. The lowest BCUT2D eigenvalue weighted by molar-refractivity contribution is 0.290. The van der Waals surface area contributed by atoms with Crippen LogP contribution in [0.25, 0.3) is 0 Å². The third kappa shape index (κ3) is 4.55. The summed E-state index contributed by atoms with van der Waals surface area (Å²) in [6.07, 6.45) is 4.93. The van der Waals surface area contributed by atoms with Crippen LogP contribution in [0.4, 0.5) is 0 Å². The Bertz CT molecular complexity index is 924. The summed E-state index contributed by atoms with van der Waals surface area (Å²) in [7, 11) is 2.00. The number of halogens is 1. The maximum absolute atomic E-state index is 5.99. The van der Waals surface area contributed by atoms with Crippen molar-refractivity contribution in [2.75, 3.05) is 0 Å². The van der Waals surface area contributed by atoms with Crippen molar-refractivity contribution in [2.45, 2.75) is 43.2 Å². The van der Waals surface area contributed by atoms with Gasteiger partial charge in [-0.25, -0.2) is 0 Å². The zero-order valence-electron chi connectivity index (χ0n) is 15.3. The lowest BCUT2D eigenvalue weighted by Crippen LogP contribution is -2.06. The number of thioether (sulfide) groups is 1. The zero-order valence-corrected chi connectivity index (χ0v) is 17.7. The highest BCUT2D eigenvalue weighted by Crippen LogP contribution is 2.26. The number of aromatic nitrogens is 3. The van der Waals surface area contributed by atoms with Gasteiger partial charge in [-0.1, -0.05) is 45.9 Å². The van der Waals surface area contributed by atoms with Crippen LogP contribution in [0.2, 0.25) is 0 Å². The van der Waals surface area contributed by atoms with E-state index >= 15 is 0 Å². The zero-order chi connectivity index (χ0) is 18.6. The quantitative estimate of drug-likeness (QED) is 0.482. The fourth-order valence-electron chi connectivity index (χ4n) is 3.27. The van der Waals surface area contributed by atoms with Gasteiger partial charge in [0, 0.05) is 17.3 Å². The minimum atomic E-state index is 0.432. The van der Waals surface area contributed by atoms with Gasteiger partial charge in [0.2, 0.25) is 0 Å². The molecule has 0 amide bonds. The number of nitrogens with zero attached hydrogens (tertiary/aromatic N) is 3. The molecule has 4 nitrogen and oxygen atoms in total. The monoisotopic (exact) mass is 443 g/mol. The summed E-state index contributed by atoms with van der Waals surface area (Å²) in [5.74, 6) is 2.62. The molecular weight excluding hydrogens is 422 g/mol. The smallest absolute Gasteiger partial charge is 0.191 e. The fourth-order valence-corrected chi connectivity index (χ4v) is 4.42. The van der Waals surface area contributed by atoms with Crippen molar-refractivity contribution in [3.63, 3.8) is 0 Å². The molecular formula is C21H22BrN3OS. The first-order valence-corrected chi connectivity index (χ1v) is 11.0. The minimum absolute atomic E-state index is 0.432. The molecule has 4 rings (SSSR count). The van der Waals surface area contributed by atoms with E-state index in [4.69, 9.17) is 4.74 Å². The molecule has 0 saturated heterocycles. The van der Waals surface area contributed by atoms with Crippen molar-refractivity contribution in [1.29, 1.82) is 0 Å². The molecule has 0 N–H and O–H groups in total.